The number of halogens is 1. The maximum Gasteiger partial charge on any atom is 0.227 e. The van der Waals surface area contributed by atoms with Crippen LogP contribution in [0.3, 0.4) is 0 Å². The van der Waals surface area contributed by atoms with E-state index in [0.29, 0.717) is 35.6 Å². The lowest BCUT2D eigenvalue weighted by Crippen LogP contribution is -2.40. The Labute approximate surface area is 160 Å². The van der Waals surface area contributed by atoms with E-state index in [1.54, 1.807) is 30.2 Å². The Morgan fingerprint density at radius 2 is 2.19 bits per heavy atom. The van der Waals surface area contributed by atoms with Gasteiger partial charge in [0.1, 0.15) is 5.75 Å². The number of likely N-dealkylation sites (N-methyl/N-ethyl adjacent to an activating group) is 1. The van der Waals surface area contributed by atoms with Crippen LogP contribution in [-0.2, 0) is 9.59 Å². The van der Waals surface area contributed by atoms with Crippen LogP contribution in [0.1, 0.15) is 27.2 Å². The van der Waals surface area contributed by atoms with E-state index >= 15 is 0 Å². The topological polar surface area (TPSA) is 61.9 Å². The molecule has 0 radical (unpaired) electrons. The van der Waals surface area contributed by atoms with Gasteiger partial charge in [0.25, 0.3) is 0 Å². The molecule has 1 heterocycles. The van der Waals surface area contributed by atoms with Crippen LogP contribution < -0.4 is 15.0 Å². The fourth-order valence-electron chi connectivity index (χ4n) is 3.24. The Kier molecular flexibility index (Phi) is 7.29. The van der Waals surface area contributed by atoms with E-state index in [0.717, 1.165) is 13.1 Å². The van der Waals surface area contributed by atoms with Gasteiger partial charge in [-0.3, -0.25) is 14.5 Å². The number of anilines is 1. The number of hydrogen-bond acceptors (Lipinski definition) is 4. The smallest absolute Gasteiger partial charge is 0.227 e. The summed E-state index contributed by atoms with van der Waals surface area (Å²) >= 11 is 6.06. The standard InChI is InChI=1S/C19H28ClN3O3/c1-5-22(13(2)3)9-8-21-19(25)14-10-18(24)23(12-14)16-11-15(20)6-7-17(16)26-4/h6-7,11,13-14H,5,8-10,12H2,1-4H3,(H,21,25). The number of nitrogens with zero attached hydrogens (tertiary/aromatic N) is 2. The van der Waals surface area contributed by atoms with Crippen molar-refractivity contribution < 1.29 is 14.3 Å². The van der Waals surface area contributed by atoms with Crippen molar-refractivity contribution in [3.63, 3.8) is 0 Å². The first kappa shape index (κ1) is 20.5. The highest BCUT2D eigenvalue weighted by Crippen LogP contribution is 2.35. The van der Waals surface area contributed by atoms with Gasteiger partial charge in [0.15, 0.2) is 0 Å². The molecule has 1 unspecified atom stereocenters. The summed E-state index contributed by atoms with van der Waals surface area (Å²) in [7, 11) is 1.55. The molecule has 1 fully saturated rings. The van der Waals surface area contributed by atoms with Crippen LogP contribution in [0.25, 0.3) is 0 Å². The average molecular weight is 382 g/mol. The lowest BCUT2D eigenvalue weighted by atomic mass is 10.1. The molecule has 1 aromatic rings. The van der Waals surface area contributed by atoms with E-state index in [-0.39, 0.29) is 24.2 Å². The molecular weight excluding hydrogens is 354 g/mol. The fraction of sp³-hybridized carbons (Fsp3) is 0.579. The molecule has 1 aliphatic rings. The Balaban J connectivity index is 1.97. The molecule has 0 saturated carbocycles. The first-order valence-corrected chi connectivity index (χ1v) is 9.40. The second-order valence-electron chi connectivity index (χ2n) is 6.73. The first-order chi connectivity index (χ1) is 12.4. The highest BCUT2D eigenvalue weighted by molar-refractivity contribution is 6.31. The largest absolute Gasteiger partial charge is 0.495 e. The zero-order valence-corrected chi connectivity index (χ0v) is 16.7. The summed E-state index contributed by atoms with van der Waals surface area (Å²) in [6, 6.07) is 5.57. The summed E-state index contributed by atoms with van der Waals surface area (Å²) in [4.78, 5) is 28.8. The van der Waals surface area contributed by atoms with Gasteiger partial charge in [-0.2, -0.15) is 0 Å². The second-order valence-corrected chi connectivity index (χ2v) is 7.17. The normalized spacial score (nSPS) is 17.3. The van der Waals surface area contributed by atoms with Crippen molar-refractivity contribution in [1.82, 2.24) is 10.2 Å². The van der Waals surface area contributed by atoms with Gasteiger partial charge in [0, 0.05) is 37.1 Å². The highest BCUT2D eigenvalue weighted by atomic mass is 35.5. The average Bonchev–Trinajstić information content (AvgIpc) is 3.00. The highest BCUT2D eigenvalue weighted by Gasteiger charge is 2.36. The molecule has 2 amide bonds. The molecule has 7 heteroatoms. The molecule has 1 N–H and O–H groups in total. The zero-order chi connectivity index (χ0) is 19.3. The predicted molar refractivity (Wildman–Crippen MR) is 104 cm³/mol. The van der Waals surface area contributed by atoms with Gasteiger partial charge in [-0.15, -0.1) is 0 Å². The van der Waals surface area contributed by atoms with Gasteiger partial charge in [0.05, 0.1) is 18.7 Å². The van der Waals surface area contributed by atoms with E-state index in [4.69, 9.17) is 16.3 Å². The maximum atomic E-state index is 12.5. The maximum absolute atomic E-state index is 12.5. The van der Waals surface area contributed by atoms with Crippen LogP contribution in [-0.4, -0.2) is 56.0 Å². The molecule has 0 bridgehead atoms. The number of carbonyl (C=O) groups is 2. The summed E-state index contributed by atoms with van der Waals surface area (Å²) in [5.41, 5.74) is 0.609. The van der Waals surface area contributed by atoms with Crippen LogP contribution in [0.2, 0.25) is 5.02 Å². The van der Waals surface area contributed by atoms with Crippen molar-refractivity contribution in [2.45, 2.75) is 33.2 Å². The third-order valence-electron chi connectivity index (χ3n) is 4.76. The third-order valence-corrected chi connectivity index (χ3v) is 5.00. The van der Waals surface area contributed by atoms with Crippen molar-refractivity contribution in [3.05, 3.63) is 23.2 Å². The summed E-state index contributed by atoms with van der Waals surface area (Å²) in [6.45, 7) is 9.03. The predicted octanol–water partition coefficient (Wildman–Crippen LogP) is 2.55. The number of benzene rings is 1. The minimum Gasteiger partial charge on any atom is -0.495 e. The third kappa shape index (κ3) is 4.89. The van der Waals surface area contributed by atoms with E-state index in [9.17, 15) is 9.59 Å². The van der Waals surface area contributed by atoms with Gasteiger partial charge in [-0.1, -0.05) is 18.5 Å². The number of ether oxygens (including phenoxy) is 1. The molecule has 0 spiro atoms. The first-order valence-electron chi connectivity index (χ1n) is 9.03. The number of amides is 2. The summed E-state index contributed by atoms with van der Waals surface area (Å²) in [6.07, 6.45) is 0.198. The van der Waals surface area contributed by atoms with Gasteiger partial charge in [-0.05, 0) is 38.6 Å². The molecule has 0 aromatic heterocycles. The minimum atomic E-state index is -0.361. The van der Waals surface area contributed by atoms with Crippen LogP contribution in [0.15, 0.2) is 18.2 Å². The van der Waals surface area contributed by atoms with Crippen molar-refractivity contribution in [2.24, 2.45) is 5.92 Å². The van der Waals surface area contributed by atoms with Gasteiger partial charge < -0.3 is 15.0 Å². The van der Waals surface area contributed by atoms with E-state index in [1.165, 1.54) is 0 Å². The molecule has 0 aliphatic carbocycles. The monoisotopic (exact) mass is 381 g/mol. The number of nitrogens with one attached hydrogen (secondary N) is 1. The molecule has 144 valence electrons. The Bertz CT molecular complexity index is 651. The van der Waals surface area contributed by atoms with Crippen LogP contribution in [0.5, 0.6) is 5.75 Å². The second kappa shape index (κ2) is 9.24. The van der Waals surface area contributed by atoms with Crippen molar-refractivity contribution in [3.8, 4) is 5.75 Å². The van der Waals surface area contributed by atoms with E-state index < -0.39 is 0 Å². The van der Waals surface area contributed by atoms with Crippen LogP contribution >= 0.6 is 11.6 Å². The van der Waals surface area contributed by atoms with Crippen LogP contribution in [0.4, 0.5) is 5.69 Å². The SMILES string of the molecule is CCN(CCNC(=O)C1CC(=O)N(c2cc(Cl)ccc2OC)C1)C(C)C. The van der Waals surface area contributed by atoms with Gasteiger partial charge in [0.2, 0.25) is 11.8 Å². The molecule has 1 saturated heterocycles. The van der Waals surface area contributed by atoms with Crippen LogP contribution in [0, 0.1) is 5.92 Å². The molecule has 1 aliphatic heterocycles. The Hall–Kier alpha value is -1.79. The summed E-state index contributed by atoms with van der Waals surface area (Å²) in [5, 5.41) is 3.48. The molecule has 2 rings (SSSR count). The summed E-state index contributed by atoms with van der Waals surface area (Å²) in [5.74, 6) is 0.0318. The minimum absolute atomic E-state index is 0.0818. The number of methoxy groups -OCH3 is 1. The molecular formula is C19H28ClN3O3. The Morgan fingerprint density at radius 1 is 1.46 bits per heavy atom. The number of carbonyl (C=O) groups excluding carboxylic acids is 2. The molecule has 26 heavy (non-hydrogen) atoms. The number of rotatable bonds is 8. The van der Waals surface area contributed by atoms with Crippen molar-refractivity contribution in [1.29, 1.82) is 0 Å². The van der Waals surface area contributed by atoms with Gasteiger partial charge >= 0.3 is 0 Å². The molecule has 6 nitrogen and oxygen atoms in total. The molecule has 1 atom stereocenters. The van der Waals surface area contributed by atoms with Crippen molar-refractivity contribution in [2.75, 3.05) is 38.2 Å². The molecule has 1 aromatic carbocycles. The number of hydrogen-bond donors (Lipinski definition) is 1. The van der Waals surface area contributed by atoms with Gasteiger partial charge in [-0.25, -0.2) is 0 Å². The zero-order valence-electron chi connectivity index (χ0n) is 15.9. The lowest BCUT2D eigenvalue weighted by molar-refractivity contribution is -0.126. The van der Waals surface area contributed by atoms with E-state index in [2.05, 4.69) is 31.0 Å². The summed E-state index contributed by atoms with van der Waals surface area (Å²) < 4.78 is 5.32. The quantitative estimate of drug-likeness (QED) is 0.751. The lowest BCUT2D eigenvalue weighted by Gasteiger charge is -2.25. The Morgan fingerprint density at radius 3 is 2.81 bits per heavy atom. The van der Waals surface area contributed by atoms with E-state index in [1.807, 2.05) is 0 Å². The fourth-order valence-corrected chi connectivity index (χ4v) is 3.40. The van der Waals surface area contributed by atoms with Crippen molar-refractivity contribution >= 4 is 29.1 Å².